The molecule has 6 heteroatoms. The summed E-state index contributed by atoms with van der Waals surface area (Å²) in [6, 6.07) is 1.79. The average molecular weight is 281 g/mol. The van der Waals surface area contributed by atoms with Crippen molar-refractivity contribution in [1.29, 1.82) is 0 Å². The Balaban J connectivity index is 1.92. The van der Waals surface area contributed by atoms with Gasteiger partial charge < -0.3 is 19.7 Å². The summed E-state index contributed by atoms with van der Waals surface area (Å²) in [4.78, 5) is 19.5. The largest absolute Gasteiger partial charge is 0.395 e. The number of nitrogens with zero attached hydrogens (tertiary/aromatic N) is 2. The molecule has 0 aromatic carbocycles. The number of ether oxygens (including phenoxy) is 1. The number of carbonyl (C=O) groups excluding carboxylic acids is 1. The third-order valence-corrected chi connectivity index (χ3v) is 3.63. The molecule has 0 bridgehead atoms. The van der Waals surface area contributed by atoms with Gasteiger partial charge in [-0.15, -0.1) is 0 Å². The van der Waals surface area contributed by atoms with Crippen molar-refractivity contribution in [3.05, 3.63) is 23.5 Å². The van der Waals surface area contributed by atoms with E-state index in [1.807, 2.05) is 6.92 Å². The zero-order valence-electron chi connectivity index (χ0n) is 12.0. The number of hydrogen-bond donors (Lipinski definition) is 2. The Hall–Kier alpha value is -1.37. The number of aliphatic hydroxyl groups excluding tert-OH is 1. The molecule has 2 rings (SSSR count). The van der Waals surface area contributed by atoms with E-state index in [4.69, 9.17) is 9.84 Å². The predicted octanol–water partition coefficient (Wildman–Crippen LogP) is 0.0898. The van der Waals surface area contributed by atoms with Crippen LogP contribution >= 0.6 is 0 Å². The van der Waals surface area contributed by atoms with Gasteiger partial charge in [0, 0.05) is 44.6 Å². The van der Waals surface area contributed by atoms with E-state index in [-0.39, 0.29) is 12.5 Å². The van der Waals surface area contributed by atoms with E-state index in [0.29, 0.717) is 18.7 Å². The molecule has 1 saturated heterocycles. The molecule has 6 nitrogen and oxygen atoms in total. The molecule has 1 aliphatic heterocycles. The molecule has 1 amide bonds. The maximum absolute atomic E-state index is 12.4. The molecule has 2 N–H and O–H groups in total. The molecule has 1 aromatic rings. The minimum Gasteiger partial charge on any atom is -0.395 e. The number of aryl methyl sites for hydroxylation is 1. The highest BCUT2D eigenvalue weighted by molar-refractivity contribution is 5.95. The maximum Gasteiger partial charge on any atom is 0.255 e. The third-order valence-electron chi connectivity index (χ3n) is 3.63. The Bertz CT molecular complexity index is 427. The van der Waals surface area contributed by atoms with Crippen LogP contribution in [0.3, 0.4) is 0 Å². The van der Waals surface area contributed by atoms with Crippen LogP contribution in [0.2, 0.25) is 0 Å². The van der Waals surface area contributed by atoms with Gasteiger partial charge in [0.25, 0.3) is 5.91 Å². The lowest BCUT2D eigenvalue weighted by Crippen LogP contribution is -2.44. The van der Waals surface area contributed by atoms with Gasteiger partial charge in [-0.25, -0.2) is 0 Å². The van der Waals surface area contributed by atoms with Gasteiger partial charge in [-0.3, -0.25) is 9.69 Å². The van der Waals surface area contributed by atoms with Gasteiger partial charge in [-0.1, -0.05) is 0 Å². The highest BCUT2D eigenvalue weighted by Crippen LogP contribution is 2.09. The van der Waals surface area contributed by atoms with Crippen LogP contribution in [0.1, 0.15) is 16.1 Å². The molecule has 1 aromatic heterocycles. The van der Waals surface area contributed by atoms with Gasteiger partial charge in [0.05, 0.1) is 25.4 Å². The highest BCUT2D eigenvalue weighted by Gasteiger charge is 2.19. The van der Waals surface area contributed by atoms with E-state index < -0.39 is 0 Å². The fourth-order valence-electron chi connectivity index (χ4n) is 2.38. The first-order valence-electron chi connectivity index (χ1n) is 7.06. The number of morpholine rings is 1. The molecule has 112 valence electrons. The van der Waals surface area contributed by atoms with E-state index in [2.05, 4.69) is 9.88 Å². The molecule has 0 atom stereocenters. The number of rotatable bonds is 6. The van der Waals surface area contributed by atoms with Crippen LogP contribution in [0, 0.1) is 6.92 Å². The van der Waals surface area contributed by atoms with Crippen molar-refractivity contribution in [3.8, 4) is 0 Å². The minimum atomic E-state index is -0.0222. The fourth-order valence-corrected chi connectivity index (χ4v) is 2.38. The lowest BCUT2D eigenvalue weighted by molar-refractivity contribution is 0.0315. The predicted molar refractivity (Wildman–Crippen MR) is 75.8 cm³/mol. The molecule has 0 unspecified atom stereocenters. The van der Waals surface area contributed by atoms with Crippen molar-refractivity contribution in [2.24, 2.45) is 0 Å². The number of nitrogens with one attached hydrogen (secondary N) is 1. The number of aromatic nitrogens is 1. The van der Waals surface area contributed by atoms with Gasteiger partial charge in [0.2, 0.25) is 0 Å². The van der Waals surface area contributed by atoms with Crippen molar-refractivity contribution >= 4 is 5.91 Å². The van der Waals surface area contributed by atoms with E-state index in [0.717, 1.165) is 38.5 Å². The fraction of sp³-hybridized carbons (Fsp3) is 0.643. The summed E-state index contributed by atoms with van der Waals surface area (Å²) in [5.41, 5.74) is 1.55. The van der Waals surface area contributed by atoms with Crippen molar-refractivity contribution in [1.82, 2.24) is 14.8 Å². The summed E-state index contributed by atoms with van der Waals surface area (Å²) in [5, 5.41) is 9.15. The van der Waals surface area contributed by atoms with Crippen LogP contribution in [0.15, 0.2) is 12.3 Å². The maximum atomic E-state index is 12.4. The second kappa shape index (κ2) is 7.42. The Labute approximate surface area is 119 Å². The molecule has 20 heavy (non-hydrogen) atoms. The normalized spacial score (nSPS) is 16.3. The van der Waals surface area contributed by atoms with Crippen molar-refractivity contribution < 1.29 is 14.6 Å². The van der Waals surface area contributed by atoms with Crippen molar-refractivity contribution in [2.75, 3.05) is 52.5 Å². The van der Waals surface area contributed by atoms with Crippen molar-refractivity contribution in [3.63, 3.8) is 0 Å². The molecule has 0 spiro atoms. The van der Waals surface area contributed by atoms with Crippen LogP contribution < -0.4 is 0 Å². The second-order valence-corrected chi connectivity index (χ2v) is 4.99. The second-order valence-electron chi connectivity index (χ2n) is 4.99. The van der Waals surface area contributed by atoms with Gasteiger partial charge in [0.1, 0.15) is 0 Å². The molecule has 0 saturated carbocycles. The average Bonchev–Trinajstić information content (AvgIpc) is 2.90. The topological polar surface area (TPSA) is 68.8 Å². The zero-order chi connectivity index (χ0) is 14.4. The molecular formula is C14H23N3O3. The van der Waals surface area contributed by atoms with Crippen LogP contribution in [-0.2, 0) is 4.74 Å². The number of amides is 1. The molecule has 0 aliphatic carbocycles. The van der Waals surface area contributed by atoms with Gasteiger partial charge >= 0.3 is 0 Å². The number of aliphatic hydroxyl groups is 1. The SMILES string of the molecule is Cc1[nH]ccc1C(=O)N(CCO)CCN1CCOCC1. The number of hydrogen-bond acceptors (Lipinski definition) is 4. The van der Waals surface area contributed by atoms with Gasteiger partial charge in [-0.2, -0.15) is 0 Å². The van der Waals surface area contributed by atoms with E-state index in [1.54, 1.807) is 17.2 Å². The Morgan fingerprint density at radius 2 is 2.20 bits per heavy atom. The summed E-state index contributed by atoms with van der Waals surface area (Å²) in [6.07, 6.45) is 1.77. The quantitative estimate of drug-likeness (QED) is 0.775. The Morgan fingerprint density at radius 1 is 1.45 bits per heavy atom. The zero-order valence-corrected chi connectivity index (χ0v) is 12.0. The lowest BCUT2D eigenvalue weighted by Gasteiger charge is -2.29. The van der Waals surface area contributed by atoms with Crippen LogP contribution in [0.4, 0.5) is 0 Å². The first kappa shape index (κ1) is 15.0. The summed E-state index contributed by atoms with van der Waals surface area (Å²) in [6.45, 7) is 7.01. The number of carbonyl (C=O) groups is 1. The molecule has 1 fully saturated rings. The first-order valence-corrected chi connectivity index (χ1v) is 7.06. The lowest BCUT2D eigenvalue weighted by atomic mass is 10.2. The molecule has 0 radical (unpaired) electrons. The standard InChI is InChI=1S/C14H23N3O3/c1-12-13(2-3-15-12)14(19)17(6-9-18)5-4-16-7-10-20-11-8-16/h2-3,15,18H,4-11H2,1H3. The summed E-state index contributed by atoms with van der Waals surface area (Å²) in [7, 11) is 0. The van der Waals surface area contributed by atoms with Gasteiger partial charge in [0.15, 0.2) is 0 Å². The van der Waals surface area contributed by atoms with Crippen LogP contribution in [-0.4, -0.2) is 78.3 Å². The molecular weight excluding hydrogens is 258 g/mol. The first-order chi connectivity index (χ1) is 9.72. The Morgan fingerprint density at radius 3 is 2.80 bits per heavy atom. The third kappa shape index (κ3) is 3.82. The number of aromatic amines is 1. The van der Waals surface area contributed by atoms with Crippen LogP contribution in [0.25, 0.3) is 0 Å². The molecule has 1 aliphatic rings. The monoisotopic (exact) mass is 281 g/mol. The number of H-pyrrole nitrogens is 1. The van der Waals surface area contributed by atoms with Gasteiger partial charge in [-0.05, 0) is 13.0 Å². The summed E-state index contributed by atoms with van der Waals surface area (Å²) in [5.74, 6) is -0.0222. The smallest absolute Gasteiger partial charge is 0.255 e. The van der Waals surface area contributed by atoms with Crippen LogP contribution in [0.5, 0.6) is 0 Å². The highest BCUT2D eigenvalue weighted by atomic mass is 16.5. The Kier molecular flexibility index (Phi) is 5.58. The van der Waals surface area contributed by atoms with E-state index in [9.17, 15) is 4.79 Å². The van der Waals surface area contributed by atoms with E-state index in [1.165, 1.54) is 0 Å². The van der Waals surface area contributed by atoms with Crippen molar-refractivity contribution in [2.45, 2.75) is 6.92 Å². The minimum absolute atomic E-state index is 0.0156. The summed E-state index contributed by atoms with van der Waals surface area (Å²) < 4.78 is 5.31. The van der Waals surface area contributed by atoms with E-state index >= 15 is 0 Å². The summed E-state index contributed by atoms with van der Waals surface area (Å²) >= 11 is 0. The molecule has 2 heterocycles.